The Hall–Kier alpha value is -1.84. The van der Waals surface area contributed by atoms with Crippen LogP contribution in [0.4, 0.5) is 5.69 Å². The van der Waals surface area contributed by atoms with Gasteiger partial charge in [-0.3, -0.25) is 4.68 Å². The number of aromatic nitrogens is 3. The second-order valence-corrected chi connectivity index (χ2v) is 5.53. The van der Waals surface area contributed by atoms with Crippen molar-refractivity contribution in [1.82, 2.24) is 14.8 Å². The van der Waals surface area contributed by atoms with E-state index in [9.17, 15) is 0 Å². The first-order chi connectivity index (χ1) is 9.83. The molecule has 1 aromatic heterocycles. The van der Waals surface area contributed by atoms with Crippen LogP contribution in [0.2, 0.25) is 0 Å². The number of benzene rings is 1. The summed E-state index contributed by atoms with van der Waals surface area (Å²) in [5, 5.41) is 8.01. The first-order valence-corrected chi connectivity index (χ1v) is 7.51. The minimum absolute atomic E-state index is 0.594. The summed E-state index contributed by atoms with van der Waals surface area (Å²) >= 11 is 0. The quantitative estimate of drug-likeness (QED) is 0.907. The van der Waals surface area contributed by atoms with Crippen molar-refractivity contribution in [2.45, 2.75) is 38.0 Å². The van der Waals surface area contributed by atoms with Crippen LogP contribution in [0.25, 0.3) is 0 Å². The summed E-state index contributed by atoms with van der Waals surface area (Å²) in [5.41, 5.74) is 1.16. The van der Waals surface area contributed by atoms with Crippen LogP contribution in [-0.2, 0) is 13.5 Å². The van der Waals surface area contributed by atoms with Gasteiger partial charge in [-0.1, -0.05) is 31.0 Å². The Balaban J connectivity index is 1.57. The summed E-state index contributed by atoms with van der Waals surface area (Å²) in [6.45, 7) is 0.890. The molecule has 1 saturated carbocycles. The summed E-state index contributed by atoms with van der Waals surface area (Å²) in [6.07, 6.45) is 6.07. The zero-order chi connectivity index (χ0) is 13.8. The van der Waals surface area contributed by atoms with E-state index >= 15 is 0 Å². The normalized spacial score (nSPS) is 15.7. The van der Waals surface area contributed by atoms with Crippen molar-refractivity contribution in [3.63, 3.8) is 0 Å². The highest BCUT2D eigenvalue weighted by atomic mass is 15.3. The Bertz CT molecular complexity index is 541. The maximum Gasteiger partial charge on any atom is 0.154 e. The Labute approximate surface area is 120 Å². The van der Waals surface area contributed by atoms with Gasteiger partial charge >= 0.3 is 0 Å². The van der Waals surface area contributed by atoms with Crippen molar-refractivity contribution >= 4 is 5.69 Å². The van der Waals surface area contributed by atoms with Crippen molar-refractivity contribution in [2.75, 3.05) is 11.9 Å². The number of nitrogens with zero attached hydrogens (tertiary/aromatic N) is 3. The first kappa shape index (κ1) is 13.2. The van der Waals surface area contributed by atoms with E-state index in [1.165, 1.54) is 25.7 Å². The third-order valence-corrected chi connectivity index (χ3v) is 4.04. The van der Waals surface area contributed by atoms with Crippen molar-refractivity contribution in [2.24, 2.45) is 7.05 Å². The van der Waals surface area contributed by atoms with Crippen LogP contribution in [0.3, 0.4) is 0 Å². The average molecular weight is 270 g/mol. The zero-order valence-electron chi connectivity index (χ0n) is 12.0. The van der Waals surface area contributed by atoms with Gasteiger partial charge in [0.1, 0.15) is 5.82 Å². The van der Waals surface area contributed by atoms with Crippen molar-refractivity contribution < 1.29 is 0 Å². The topological polar surface area (TPSA) is 42.7 Å². The van der Waals surface area contributed by atoms with Crippen LogP contribution in [0.15, 0.2) is 30.3 Å². The van der Waals surface area contributed by atoms with Crippen molar-refractivity contribution in [3.8, 4) is 0 Å². The molecular formula is C16H22N4. The summed E-state index contributed by atoms with van der Waals surface area (Å²) in [6, 6.07) is 10.3. The standard InChI is InChI=1S/C16H22N4/c1-20-15(11-12-17-14-9-3-2-4-10-14)18-16(19-20)13-7-5-6-8-13/h2-4,9-10,13,17H,5-8,11-12H2,1H3. The number of rotatable bonds is 5. The fourth-order valence-corrected chi connectivity index (χ4v) is 2.89. The molecule has 1 aliphatic rings. The van der Waals surface area contributed by atoms with Gasteiger partial charge in [-0.2, -0.15) is 5.10 Å². The van der Waals surface area contributed by atoms with Crippen LogP contribution in [0, 0.1) is 0 Å². The Morgan fingerprint density at radius 1 is 1.20 bits per heavy atom. The van der Waals surface area contributed by atoms with E-state index in [1.54, 1.807) is 0 Å². The van der Waals surface area contributed by atoms with Gasteiger partial charge in [0.15, 0.2) is 5.82 Å². The molecule has 0 aliphatic heterocycles. The molecule has 106 valence electrons. The molecule has 1 fully saturated rings. The molecular weight excluding hydrogens is 248 g/mol. The van der Waals surface area contributed by atoms with Gasteiger partial charge in [-0.05, 0) is 25.0 Å². The lowest BCUT2D eigenvalue weighted by molar-refractivity contribution is 0.642. The van der Waals surface area contributed by atoms with Crippen molar-refractivity contribution in [1.29, 1.82) is 0 Å². The van der Waals surface area contributed by atoms with Crippen molar-refractivity contribution in [3.05, 3.63) is 42.0 Å². The maximum atomic E-state index is 4.73. The first-order valence-electron chi connectivity index (χ1n) is 7.51. The summed E-state index contributed by atoms with van der Waals surface area (Å²) in [4.78, 5) is 4.73. The predicted molar refractivity (Wildman–Crippen MR) is 80.8 cm³/mol. The monoisotopic (exact) mass is 270 g/mol. The summed E-state index contributed by atoms with van der Waals surface area (Å²) in [7, 11) is 2.00. The lowest BCUT2D eigenvalue weighted by Gasteiger charge is -2.05. The second kappa shape index (κ2) is 6.07. The molecule has 0 amide bonds. The van der Waals surface area contributed by atoms with Gasteiger partial charge in [0.2, 0.25) is 0 Å². The highest BCUT2D eigenvalue weighted by Gasteiger charge is 2.21. The molecule has 0 radical (unpaired) electrons. The van der Waals surface area contributed by atoms with Crippen LogP contribution >= 0.6 is 0 Å². The van der Waals surface area contributed by atoms with E-state index in [1.807, 2.05) is 29.9 Å². The molecule has 4 heteroatoms. The molecule has 3 rings (SSSR count). The van der Waals surface area contributed by atoms with E-state index in [4.69, 9.17) is 4.98 Å². The number of hydrogen-bond acceptors (Lipinski definition) is 3. The van der Waals surface area contributed by atoms with Gasteiger partial charge in [0, 0.05) is 31.6 Å². The average Bonchev–Trinajstić information content (AvgIpc) is 3.10. The fourth-order valence-electron chi connectivity index (χ4n) is 2.89. The van der Waals surface area contributed by atoms with Crippen LogP contribution in [0.1, 0.15) is 43.3 Å². The van der Waals surface area contributed by atoms with Gasteiger partial charge in [-0.25, -0.2) is 4.98 Å². The highest BCUT2D eigenvalue weighted by Crippen LogP contribution is 2.32. The number of hydrogen-bond donors (Lipinski definition) is 1. The SMILES string of the molecule is Cn1nc(C2CCCC2)nc1CCNc1ccccc1. The molecule has 0 saturated heterocycles. The molecule has 1 aromatic carbocycles. The molecule has 0 atom stereocenters. The largest absolute Gasteiger partial charge is 0.385 e. The van der Waals surface area contributed by atoms with Gasteiger partial charge in [0.25, 0.3) is 0 Å². The maximum absolute atomic E-state index is 4.73. The number of anilines is 1. The van der Waals surface area contributed by atoms with Crippen LogP contribution in [0.5, 0.6) is 0 Å². The lowest BCUT2D eigenvalue weighted by Crippen LogP contribution is -2.09. The van der Waals surface area contributed by atoms with Crippen LogP contribution < -0.4 is 5.32 Å². The third-order valence-electron chi connectivity index (χ3n) is 4.04. The summed E-state index contributed by atoms with van der Waals surface area (Å²) < 4.78 is 1.94. The molecule has 0 bridgehead atoms. The molecule has 1 heterocycles. The van der Waals surface area contributed by atoms with E-state index in [0.717, 1.165) is 30.3 Å². The Morgan fingerprint density at radius 3 is 2.70 bits per heavy atom. The third kappa shape index (κ3) is 3.00. The minimum atomic E-state index is 0.594. The molecule has 0 spiro atoms. The molecule has 0 unspecified atom stereocenters. The van der Waals surface area contributed by atoms with Crippen LogP contribution in [-0.4, -0.2) is 21.3 Å². The fraction of sp³-hybridized carbons (Fsp3) is 0.500. The molecule has 1 aliphatic carbocycles. The lowest BCUT2D eigenvalue weighted by atomic mass is 10.1. The predicted octanol–water partition coefficient (Wildman–Crippen LogP) is 3.13. The minimum Gasteiger partial charge on any atom is -0.385 e. The Kier molecular flexibility index (Phi) is 4.00. The molecule has 2 aromatic rings. The van der Waals surface area contributed by atoms with E-state index in [2.05, 4.69) is 22.5 Å². The molecule has 20 heavy (non-hydrogen) atoms. The molecule has 1 N–H and O–H groups in total. The Morgan fingerprint density at radius 2 is 1.95 bits per heavy atom. The zero-order valence-corrected chi connectivity index (χ0v) is 12.0. The van der Waals surface area contributed by atoms with Gasteiger partial charge in [-0.15, -0.1) is 0 Å². The van der Waals surface area contributed by atoms with Gasteiger partial charge in [0.05, 0.1) is 0 Å². The smallest absolute Gasteiger partial charge is 0.154 e. The van der Waals surface area contributed by atoms with E-state index in [0.29, 0.717) is 5.92 Å². The van der Waals surface area contributed by atoms with Gasteiger partial charge < -0.3 is 5.32 Å². The second-order valence-electron chi connectivity index (χ2n) is 5.53. The molecule has 4 nitrogen and oxygen atoms in total. The number of nitrogens with one attached hydrogen (secondary N) is 1. The van der Waals surface area contributed by atoms with E-state index < -0.39 is 0 Å². The number of para-hydroxylation sites is 1. The highest BCUT2D eigenvalue weighted by molar-refractivity contribution is 5.42. The summed E-state index contributed by atoms with van der Waals surface area (Å²) in [5.74, 6) is 2.73. The number of aryl methyl sites for hydroxylation is 1. The van der Waals surface area contributed by atoms with E-state index in [-0.39, 0.29) is 0 Å².